The summed E-state index contributed by atoms with van der Waals surface area (Å²) in [7, 11) is 0. The Balaban J connectivity index is 4.34. The zero-order valence-corrected chi connectivity index (χ0v) is 7.65. The van der Waals surface area contributed by atoms with E-state index in [1.165, 1.54) is 5.57 Å². The lowest BCUT2D eigenvalue weighted by atomic mass is 10.1. The lowest BCUT2D eigenvalue weighted by Gasteiger charge is -1.97. The highest BCUT2D eigenvalue weighted by molar-refractivity contribution is 5.38. The smallest absolute Gasteiger partial charge is 0.0276 e. The average molecular weight is 148 g/mol. The van der Waals surface area contributed by atoms with E-state index in [0.717, 1.165) is 11.1 Å². The van der Waals surface area contributed by atoms with Gasteiger partial charge in [-0.15, -0.1) is 0 Å². The van der Waals surface area contributed by atoms with Crippen LogP contribution in [0.15, 0.2) is 48.1 Å². The van der Waals surface area contributed by atoms with Crippen LogP contribution in [0.3, 0.4) is 0 Å². The van der Waals surface area contributed by atoms with Crippen molar-refractivity contribution in [1.82, 2.24) is 0 Å². The molecule has 0 atom stereocenters. The Bertz CT molecular complexity index is 214. The minimum absolute atomic E-state index is 1.06. The molecule has 0 fully saturated rings. The van der Waals surface area contributed by atoms with Crippen molar-refractivity contribution < 1.29 is 0 Å². The maximum atomic E-state index is 3.86. The number of allylic oxidation sites excluding steroid dienone is 6. The van der Waals surface area contributed by atoms with E-state index in [1.807, 2.05) is 39.0 Å². The van der Waals surface area contributed by atoms with E-state index in [0.29, 0.717) is 0 Å². The third-order valence-corrected chi connectivity index (χ3v) is 1.35. The maximum Gasteiger partial charge on any atom is -0.0276 e. The molecule has 0 N–H and O–H groups in total. The molecular weight excluding hydrogens is 132 g/mol. The van der Waals surface area contributed by atoms with Crippen LogP contribution in [0.5, 0.6) is 0 Å². The van der Waals surface area contributed by atoms with Gasteiger partial charge in [-0.1, -0.05) is 42.5 Å². The zero-order valence-electron chi connectivity index (χ0n) is 7.65. The monoisotopic (exact) mass is 148 g/mol. The van der Waals surface area contributed by atoms with Crippen molar-refractivity contribution in [1.29, 1.82) is 0 Å². The van der Waals surface area contributed by atoms with Crippen LogP contribution in [-0.2, 0) is 0 Å². The van der Waals surface area contributed by atoms with Crippen LogP contribution in [0.1, 0.15) is 20.8 Å². The van der Waals surface area contributed by atoms with Gasteiger partial charge in [0.25, 0.3) is 0 Å². The van der Waals surface area contributed by atoms with Gasteiger partial charge in [0.1, 0.15) is 0 Å². The Hall–Kier alpha value is -1.04. The second-order valence-electron chi connectivity index (χ2n) is 2.70. The van der Waals surface area contributed by atoms with Gasteiger partial charge in [-0.3, -0.25) is 0 Å². The van der Waals surface area contributed by atoms with Gasteiger partial charge in [0.15, 0.2) is 0 Å². The van der Waals surface area contributed by atoms with Crippen LogP contribution < -0.4 is 0 Å². The fourth-order valence-corrected chi connectivity index (χ4v) is 0.717. The molecule has 0 unspecified atom stereocenters. The molecular formula is C11H16. The zero-order chi connectivity index (χ0) is 8.85. The van der Waals surface area contributed by atoms with Gasteiger partial charge in [0.05, 0.1) is 0 Å². The van der Waals surface area contributed by atoms with Crippen molar-refractivity contribution in [2.45, 2.75) is 20.8 Å². The molecule has 11 heavy (non-hydrogen) atoms. The Morgan fingerprint density at radius 2 is 1.64 bits per heavy atom. The maximum absolute atomic E-state index is 3.86. The Kier molecular flexibility index (Phi) is 4.28. The molecule has 0 aromatic rings. The lowest BCUT2D eigenvalue weighted by Crippen LogP contribution is -1.77. The van der Waals surface area contributed by atoms with Crippen LogP contribution in [0.2, 0.25) is 0 Å². The SMILES string of the molecule is C=C(C)/C=C\C(=C\C)C(=C)C. The van der Waals surface area contributed by atoms with E-state index in [2.05, 4.69) is 13.2 Å². The number of hydrogen-bond donors (Lipinski definition) is 0. The first kappa shape index (κ1) is 9.96. The van der Waals surface area contributed by atoms with Crippen molar-refractivity contribution in [3.63, 3.8) is 0 Å². The van der Waals surface area contributed by atoms with E-state index in [4.69, 9.17) is 0 Å². The fraction of sp³-hybridized carbons (Fsp3) is 0.273. The van der Waals surface area contributed by atoms with Crippen LogP contribution in [0, 0.1) is 0 Å². The molecule has 60 valence electrons. The van der Waals surface area contributed by atoms with Gasteiger partial charge >= 0.3 is 0 Å². The fourth-order valence-electron chi connectivity index (χ4n) is 0.717. The Labute approximate surface area is 69.6 Å². The van der Waals surface area contributed by atoms with Crippen LogP contribution in [-0.4, -0.2) is 0 Å². The molecule has 0 bridgehead atoms. The van der Waals surface area contributed by atoms with Gasteiger partial charge in [-0.25, -0.2) is 0 Å². The number of hydrogen-bond acceptors (Lipinski definition) is 0. The third kappa shape index (κ3) is 4.38. The quantitative estimate of drug-likeness (QED) is 0.536. The first-order valence-electron chi connectivity index (χ1n) is 3.73. The molecule has 0 rings (SSSR count). The largest absolute Gasteiger partial charge is 0.0961 e. The van der Waals surface area contributed by atoms with E-state index in [9.17, 15) is 0 Å². The molecule has 0 heterocycles. The lowest BCUT2D eigenvalue weighted by molar-refractivity contribution is 1.41. The summed E-state index contributed by atoms with van der Waals surface area (Å²) < 4.78 is 0. The van der Waals surface area contributed by atoms with Gasteiger partial charge in [-0.05, 0) is 26.3 Å². The van der Waals surface area contributed by atoms with Crippen LogP contribution in [0.4, 0.5) is 0 Å². The summed E-state index contributed by atoms with van der Waals surface area (Å²) in [5.41, 5.74) is 3.32. The molecule has 0 aliphatic heterocycles. The molecule has 0 spiro atoms. The normalized spacial score (nSPS) is 12.1. The highest BCUT2D eigenvalue weighted by Gasteiger charge is 1.88. The predicted molar refractivity (Wildman–Crippen MR) is 52.5 cm³/mol. The van der Waals surface area contributed by atoms with E-state index in [1.54, 1.807) is 0 Å². The first-order valence-corrected chi connectivity index (χ1v) is 3.73. The summed E-state index contributed by atoms with van der Waals surface area (Å²) in [6.45, 7) is 13.6. The van der Waals surface area contributed by atoms with Crippen molar-refractivity contribution >= 4 is 0 Å². The Morgan fingerprint density at radius 3 is 1.91 bits per heavy atom. The van der Waals surface area contributed by atoms with Gasteiger partial charge in [0.2, 0.25) is 0 Å². The molecule has 0 amide bonds. The molecule has 0 nitrogen and oxygen atoms in total. The molecule has 0 heteroatoms. The molecule has 0 radical (unpaired) electrons. The summed E-state index contributed by atoms with van der Waals surface area (Å²) in [4.78, 5) is 0. The van der Waals surface area contributed by atoms with E-state index in [-0.39, 0.29) is 0 Å². The predicted octanol–water partition coefficient (Wildman–Crippen LogP) is 3.64. The van der Waals surface area contributed by atoms with Crippen LogP contribution in [0.25, 0.3) is 0 Å². The van der Waals surface area contributed by atoms with Gasteiger partial charge in [0, 0.05) is 0 Å². The topological polar surface area (TPSA) is 0 Å². The van der Waals surface area contributed by atoms with Crippen molar-refractivity contribution in [2.75, 3.05) is 0 Å². The third-order valence-electron chi connectivity index (χ3n) is 1.35. The second kappa shape index (κ2) is 4.73. The molecule has 0 aromatic heterocycles. The van der Waals surface area contributed by atoms with Crippen molar-refractivity contribution in [3.8, 4) is 0 Å². The molecule has 0 saturated heterocycles. The average Bonchev–Trinajstić information content (AvgIpc) is 1.87. The highest BCUT2D eigenvalue weighted by atomic mass is 13.9. The van der Waals surface area contributed by atoms with Crippen molar-refractivity contribution in [2.24, 2.45) is 0 Å². The molecule has 0 aliphatic carbocycles. The summed E-state index contributed by atoms with van der Waals surface area (Å²) in [5, 5.41) is 0. The first-order chi connectivity index (χ1) is 5.07. The summed E-state index contributed by atoms with van der Waals surface area (Å²) in [6.07, 6.45) is 6.07. The molecule has 0 saturated carbocycles. The standard InChI is InChI=1S/C11H16/c1-6-11(10(4)5)8-7-9(2)3/h6-8H,2,4H2,1,3,5H3/b8-7-,11-6-. The van der Waals surface area contributed by atoms with Crippen molar-refractivity contribution in [3.05, 3.63) is 48.1 Å². The van der Waals surface area contributed by atoms with Gasteiger partial charge < -0.3 is 0 Å². The minimum atomic E-state index is 1.06. The summed E-state index contributed by atoms with van der Waals surface area (Å²) >= 11 is 0. The van der Waals surface area contributed by atoms with E-state index < -0.39 is 0 Å². The Morgan fingerprint density at radius 1 is 1.09 bits per heavy atom. The van der Waals surface area contributed by atoms with Gasteiger partial charge in [-0.2, -0.15) is 0 Å². The van der Waals surface area contributed by atoms with Crippen LogP contribution >= 0.6 is 0 Å². The minimum Gasteiger partial charge on any atom is -0.0961 e. The molecule has 0 aliphatic rings. The summed E-state index contributed by atoms with van der Waals surface area (Å²) in [5.74, 6) is 0. The second-order valence-corrected chi connectivity index (χ2v) is 2.70. The summed E-state index contributed by atoms with van der Waals surface area (Å²) in [6, 6.07) is 0. The number of rotatable bonds is 3. The molecule has 0 aromatic carbocycles. The highest BCUT2D eigenvalue weighted by Crippen LogP contribution is 2.08. The van der Waals surface area contributed by atoms with E-state index >= 15 is 0 Å².